The predicted molar refractivity (Wildman–Crippen MR) is 81.1 cm³/mol. The van der Waals surface area contributed by atoms with Gasteiger partial charge in [-0.25, -0.2) is 9.97 Å². The zero-order valence-electron chi connectivity index (χ0n) is 12.6. The summed E-state index contributed by atoms with van der Waals surface area (Å²) in [6.45, 7) is 7.68. The second-order valence-corrected chi connectivity index (χ2v) is 5.45. The summed E-state index contributed by atoms with van der Waals surface area (Å²) in [5.41, 5.74) is 2.77. The van der Waals surface area contributed by atoms with Crippen molar-refractivity contribution >= 4 is 17.1 Å². The van der Waals surface area contributed by atoms with Crippen molar-refractivity contribution in [2.24, 2.45) is 0 Å². The van der Waals surface area contributed by atoms with E-state index in [-0.39, 0.29) is 5.91 Å². The summed E-state index contributed by atoms with van der Waals surface area (Å²) in [5, 5.41) is 3.26. The van der Waals surface area contributed by atoms with Crippen LogP contribution in [0, 0.1) is 6.92 Å². The van der Waals surface area contributed by atoms with Gasteiger partial charge in [-0.15, -0.1) is 0 Å². The molecule has 0 spiro atoms. The Morgan fingerprint density at radius 1 is 1.38 bits per heavy atom. The number of carbonyl (C=O) groups is 1. The van der Waals surface area contributed by atoms with Gasteiger partial charge >= 0.3 is 0 Å². The lowest BCUT2D eigenvalue weighted by Gasteiger charge is -2.27. The van der Waals surface area contributed by atoms with E-state index >= 15 is 0 Å². The van der Waals surface area contributed by atoms with Crippen LogP contribution in [0.4, 0.5) is 0 Å². The number of aromatic nitrogens is 3. The lowest BCUT2D eigenvalue weighted by Crippen LogP contribution is -2.47. The molecule has 0 bridgehead atoms. The Morgan fingerprint density at radius 3 is 2.86 bits per heavy atom. The largest absolute Gasteiger partial charge is 0.339 e. The fourth-order valence-corrected chi connectivity index (χ4v) is 2.74. The van der Waals surface area contributed by atoms with Crippen LogP contribution in [0.2, 0.25) is 0 Å². The SMILES string of the molecule is CCc1nc2cc(C)cnc2n1CC(=O)N1CCNCC1. The monoisotopic (exact) mass is 287 g/mol. The van der Waals surface area contributed by atoms with E-state index in [9.17, 15) is 4.79 Å². The highest BCUT2D eigenvalue weighted by Gasteiger charge is 2.19. The molecule has 1 fully saturated rings. The fraction of sp³-hybridized carbons (Fsp3) is 0.533. The van der Waals surface area contributed by atoms with Gasteiger partial charge < -0.3 is 14.8 Å². The maximum Gasteiger partial charge on any atom is 0.242 e. The van der Waals surface area contributed by atoms with Gasteiger partial charge in [0, 0.05) is 38.8 Å². The third kappa shape index (κ3) is 2.76. The first-order valence-corrected chi connectivity index (χ1v) is 7.49. The molecule has 1 N–H and O–H groups in total. The molecule has 1 saturated heterocycles. The zero-order valence-corrected chi connectivity index (χ0v) is 12.6. The summed E-state index contributed by atoms with van der Waals surface area (Å²) in [7, 11) is 0. The maximum absolute atomic E-state index is 12.5. The number of carbonyl (C=O) groups excluding carboxylic acids is 1. The van der Waals surface area contributed by atoms with Crippen molar-refractivity contribution in [2.75, 3.05) is 26.2 Å². The number of rotatable bonds is 3. The molecular formula is C15H21N5O. The molecule has 3 rings (SSSR count). The third-order valence-electron chi connectivity index (χ3n) is 3.88. The summed E-state index contributed by atoms with van der Waals surface area (Å²) in [5.74, 6) is 1.07. The van der Waals surface area contributed by atoms with Crippen molar-refractivity contribution in [1.29, 1.82) is 0 Å². The minimum absolute atomic E-state index is 0.146. The van der Waals surface area contributed by atoms with Crippen LogP contribution in [0.3, 0.4) is 0 Å². The number of aryl methyl sites for hydroxylation is 2. The molecule has 0 unspecified atom stereocenters. The molecule has 2 aromatic heterocycles. The van der Waals surface area contributed by atoms with Crippen LogP contribution in [-0.4, -0.2) is 51.5 Å². The van der Waals surface area contributed by atoms with E-state index in [4.69, 9.17) is 0 Å². The van der Waals surface area contributed by atoms with Crippen molar-refractivity contribution in [1.82, 2.24) is 24.8 Å². The van der Waals surface area contributed by atoms with Gasteiger partial charge in [-0.05, 0) is 18.6 Å². The molecule has 1 aliphatic heterocycles. The topological polar surface area (TPSA) is 63.1 Å². The average Bonchev–Trinajstić information content (AvgIpc) is 2.85. The first-order valence-electron chi connectivity index (χ1n) is 7.49. The van der Waals surface area contributed by atoms with E-state index in [0.29, 0.717) is 6.54 Å². The summed E-state index contributed by atoms with van der Waals surface area (Å²) >= 11 is 0. The average molecular weight is 287 g/mol. The Hall–Kier alpha value is -1.95. The van der Waals surface area contributed by atoms with E-state index in [1.807, 2.05) is 28.7 Å². The molecule has 0 aliphatic carbocycles. The Morgan fingerprint density at radius 2 is 2.14 bits per heavy atom. The number of imidazole rings is 1. The molecule has 112 valence electrons. The van der Waals surface area contributed by atoms with E-state index in [0.717, 1.165) is 55.2 Å². The summed E-state index contributed by atoms with van der Waals surface area (Å²) in [6, 6.07) is 2.02. The molecule has 1 aliphatic rings. The van der Waals surface area contributed by atoms with Crippen molar-refractivity contribution in [3.63, 3.8) is 0 Å². The van der Waals surface area contributed by atoms with Crippen LogP contribution in [-0.2, 0) is 17.8 Å². The minimum Gasteiger partial charge on any atom is -0.339 e. The van der Waals surface area contributed by atoms with Gasteiger partial charge in [-0.3, -0.25) is 4.79 Å². The smallest absolute Gasteiger partial charge is 0.242 e. The molecule has 21 heavy (non-hydrogen) atoms. The van der Waals surface area contributed by atoms with E-state index in [2.05, 4.69) is 22.2 Å². The van der Waals surface area contributed by atoms with E-state index in [1.54, 1.807) is 0 Å². The molecule has 2 aromatic rings. The molecule has 0 radical (unpaired) electrons. The van der Waals surface area contributed by atoms with Crippen molar-refractivity contribution in [2.45, 2.75) is 26.8 Å². The Bertz CT molecular complexity index is 657. The Balaban J connectivity index is 1.89. The van der Waals surface area contributed by atoms with Crippen molar-refractivity contribution in [3.05, 3.63) is 23.7 Å². The lowest BCUT2D eigenvalue weighted by atomic mass is 10.3. The number of amides is 1. The van der Waals surface area contributed by atoms with Crippen LogP contribution in [0.25, 0.3) is 11.2 Å². The fourth-order valence-electron chi connectivity index (χ4n) is 2.74. The van der Waals surface area contributed by atoms with Crippen LogP contribution in [0.5, 0.6) is 0 Å². The Labute approximate surface area is 124 Å². The van der Waals surface area contributed by atoms with Gasteiger partial charge in [0.2, 0.25) is 5.91 Å². The molecule has 0 atom stereocenters. The highest BCUT2D eigenvalue weighted by Crippen LogP contribution is 2.16. The third-order valence-corrected chi connectivity index (χ3v) is 3.88. The van der Waals surface area contributed by atoms with Gasteiger partial charge in [-0.1, -0.05) is 6.92 Å². The first-order chi connectivity index (χ1) is 10.2. The van der Waals surface area contributed by atoms with Crippen LogP contribution < -0.4 is 5.32 Å². The molecule has 0 aromatic carbocycles. The Kier molecular flexibility index (Phi) is 3.88. The van der Waals surface area contributed by atoms with Crippen molar-refractivity contribution < 1.29 is 4.79 Å². The quantitative estimate of drug-likeness (QED) is 0.904. The van der Waals surface area contributed by atoms with E-state index < -0.39 is 0 Å². The lowest BCUT2D eigenvalue weighted by molar-refractivity contribution is -0.132. The number of piperazine rings is 1. The van der Waals surface area contributed by atoms with Gasteiger partial charge in [0.1, 0.15) is 17.9 Å². The summed E-state index contributed by atoms with van der Waals surface area (Å²) < 4.78 is 1.96. The van der Waals surface area contributed by atoms with Crippen molar-refractivity contribution in [3.8, 4) is 0 Å². The normalized spacial score (nSPS) is 15.6. The number of hydrogen-bond donors (Lipinski definition) is 1. The van der Waals surface area contributed by atoms with Crippen LogP contribution >= 0.6 is 0 Å². The molecule has 3 heterocycles. The summed E-state index contributed by atoms with van der Waals surface area (Å²) in [6.07, 6.45) is 2.62. The zero-order chi connectivity index (χ0) is 14.8. The molecular weight excluding hydrogens is 266 g/mol. The first kappa shape index (κ1) is 14.0. The van der Waals surface area contributed by atoms with Gasteiger partial charge in [0.15, 0.2) is 5.65 Å². The van der Waals surface area contributed by atoms with Gasteiger partial charge in [0.05, 0.1) is 0 Å². The maximum atomic E-state index is 12.5. The number of nitrogens with zero attached hydrogens (tertiary/aromatic N) is 4. The highest BCUT2D eigenvalue weighted by atomic mass is 16.2. The number of pyridine rings is 1. The number of hydrogen-bond acceptors (Lipinski definition) is 4. The molecule has 1 amide bonds. The van der Waals surface area contributed by atoms with Gasteiger partial charge in [-0.2, -0.15) is 0 Å². The van der Waals surface area contributed by atoms with Gasteiger partial charge in [0.25, 0.3) is 0 Å². The second-order valence-electron chi connectivity index (χ2n) is 5.45. The van der Waals surface area contributed by atoms with Crippen LogP contribution in [0.1, 0.15) is 18.3 Å². The second kappa shape index (κ2) is 5.81. The predicted octanol–water partition coefficient (Wildman–Crippen LogP) is 0.734. The molecule has 0 saturated carbocycles. The number of nitrogens with one attached hydrogen (secondary N) is 1. The standard InChI is InChI=1S/C15H21N5O/c1-3-13-18-12-8-11(2)9-17-15(12)20(13)10-14(21)19-6-4-16-5-7-19/h8-9,16H,3-7,10H2,1-2H3. The minimum atomic E-state index is 0.146. The summed E-state index contributed by atoms with van der Waals surface area (Å²) in [4.78, 5) is 23.5. The van der Waals surface area contributed by atoms with E-state index in [1.165, 1.54) is 0 Å². The highest BCUT2D eigenvalue weighted by molar-refractivity contribution is 5.79. The molecule has 6 nitrogen and oxygen atoms in total. The molecule has 6 heteroatoms. The van der Waals surface area contributed by atoms with Crippen LogP contribution in [0.15, 0.2) is 12.3 Å². The number of fused-ring (bicyclic) bond motifs is 1.